The van der Waals surface area contributed by atoms with E-state index in [0.29, 0.717) is 11.3 Å². The maximum atomic E-state index is 12.9. The summed E-state index contributed by atoms with van der Waals surface area (Å²) in [5.41, 5.74) is 4.38. The monoisotopic (exact) mass is 675 g/mol. The van der Waals surface area contributed by atoms with E-state index < -0.39 is 6.03 Å². The molecule has 0 aromatic heterocycles. The molecule has 1 fully saturated rings. The van der Waals surface area contributed by atoms with E-state index in [1.807, 2.05) is 61.5 Å². The van der Waals surface area contributed by atoms with Gasteiger partial charge in [-0.15, -0.1) is 0 Å². The fourth-order valence-electron chi connectivity index (χ4n) is 3.58. The van der Waals surface area contributed by atoms with Crippen LogP contribution in [0.15, 0.2) is 66.4 Å². The number of hydrogen-bond acceptors (Lipinski definition) is 4. The van der Waals surface area contributed by atoms with Gasteiger partial charge >= 0.3 is 6.03 Å². The molecule has 1 N–H and O–H groups in total. The minimum absolute atomic E-state index is 0.218. The van der Waals surface area contributed by atoms with Crippen molar-refractivity contribution in [2.45, 2.75) is 20.1 Å². The highest BCUT2D eigenvalue weighted by Crippen LogP contribution is 2.31. The van der Waals surface area contributed by atoms with Gasteiger partial charge in [-0.3, -0.25) is 9.69 Å². The van der Waals surface area contributed by atoms with Crippen molar-refractivity contribution in [1.82, 2.24) is 10.2 Å². The Morgan fingerprint density at radius 3 is 2.50 bits per heavy atom. The van der Waals surface area contributed by atoms with Crippen LogP contribution in [0.3, 0.4) is 0 Å². The van der Waals surface area contributed by atoms with Gasteiger partial charge in [0.1, 0.15) is 18.1 Å². The van der Waals surface area contributed by atoms with Crippen LogP contribution in [0.1, 0.15) is 27.8 Å². The number of imide groups is 1. The molecule has 0 aliphatic carbocycles. The Labute approximate surface area is 224 Å². The molecule has 1 aliphatic heterocycles. The summed E-state index contributed by atoms with van der Waals surface area (Å²) >= 11 is 4.37. The molecule has 3 amide bonds. The van der Waals surface area contributed by atoms with E-state index in [9.17, 15) is 14.9 Å². The molecule has 0 unspecified atom stereocenters. The standard InChI is InChI=1S/C26H19I2N3O3/c1-16-5-4-6-17(9-16)14-31-25(32)23(30-26(31)33)12-18-10-21(27)24(22(28)11-18)34-15-20-8-3-2-7-19(20)13-29/h2-12H,14-15H2,1H3,(H,30,33)/b23-12+. The van der Waals surface area contributed by atoms with Crippen LogP contribution in [0, 0.1) is 25.4 Å². The summed E-state index contributed by atoms with van der Waals surface area (Å²) in [6, 6.07) is 20.6. The molecule has 0 radical (unpaired) electrons. The molecule has 0 atom stereocenters. The number of nitriles is 1. The Balaban J connectivity index is 1.51. The fraction of sp³-hybridized carbons (Fsp3) is 0.115. The van der Waals surface area contributed by atoms with Crippen LogP contribution in [0.25, 0.3) is 6.08 Å². The van der Waals surface area contributed by atoms with Crippen molar-refractivity contribution >= 4 is 63.2 Å². The molecule has 6 nitrogen and oxygen atoms in total. The maximum absolute atomic E-state index is 12.9. The Kier molecular flexibility index (Phi) is 7.53. The van der Waals surface area contributed by atoms with E-state index in [4.69, 9.17) is 4.74 Å². The maximum Gasteiger partial charge on any atom is 0.329 e. The van der Waals surface area contributed by atoms with Gasteiger partial charge in [-0.05, 0) is 87.5 Å². The highest BCUT2D eigenvalue weighted by molar-refractivity contribution is 14.1. The zero-order chi connectivity index (χ0) is 24.2. The third kappa shape index (κ3) is 5.42. The smallest absolute Gasteiger partial charge is 0.329 e. The SMILES string of the molecule is Cc1cccc(CN2C(=O)N/C(=C/c3cc(I)c(OCc4ccccc4C#N)c(I)c3)C2=O)c1. The van der Waals surface area contributed by atoms with Crippen LogP contribution in [0.5, 0.6) is 5.75 Å². The molecule has 1 heterocycles. The van der Waals surface area contributed by atoms with E-state index in [2.05, 4.69) is 56.6 Å². The number of nitrogens with one attached hydrogen (secondary N) is 1. The summed E-state index contributed by atoms with van der Waals surface area (Å²) in [4.78, 5) is 26.5. The number of carbonyl (C=O) groups excluding carboxylic acids is 2. The van der Waals surface area contributed by atoms with Gasteiger partial charge in [-0.1, -0.05) is 48.0 Å². The second kappa shape index (κ2) is 10.6. The molecule has 4 rings (SSSR count). The Morgan fingerprint density at radius 1 is 1.06 bits per heavy atom. The second-order valence-corrected chi connectivity index (χ2v) is 10.1. The first kappa shape index (κ1) is 24.2. The van der Waals surface area contributed by atoms with Gasteiger partial charge in [0, 0.05) is 5.56 Å². The van der Waals surface area contributed by atoms with Gasteiger partial charge in [0.25, 0.3) is 5.91 Å². The number of aryl methyl sites for hydroxylation is 1. The Morgan fingerprint density at radius 2 is 1.79 bits per heavy atom. The molecule has 0 bridgehead atoms. The minimum Gasteiger partial charge on any atom is -0.487 e. The first-order valence-corrected chi connectivity index (χ1v) is 12.5. The molecular weight excluding hydrogens is 656 g/mol. The van der Waals surface area contributed by atoms with E-state index in [1.165, 1.54) is 4.90 Å². The molecule has 1 aliphatic rings. The van der Waals surface area contributed by atoms with Crippen molar-refractivity contribution in [2.24, 2.45) is 0 Å². The molecule has 1 saturated heterocycles. The Bertz CT molecular complexity index is 1340. The molecule has 34 heavy (non-hydrogen) atoms. The normalized spacial score (nSPS) is 14.3. The van der Waals surface area contributed by atoms with Crippen molar-refractivity contribution in [3.63, 3.8) is 0 Å². The summed E-state index contributed by atoms with van der Waals surface area (Å²) < 4.78 is 7.74. The number of benzene rings is 3. The number of amides is 3. The fourth-order valence-corrected chi connectivity index (χ4v) is 5.71. The van der Waals surface area contributed by atoms with Crippen LogP contribution >= 0.6 is 45.2 Å². The van der Waals surface area contributed by atoms with Gasteiger partial charge in [0.15, 0.2) is 0 Å². The minimum atomic E-state index is -0.432. The third-order valence-corrected chi connectivity index (χ3v) is 6.83. The highest BCUT2D eigenvalue weighted by Gasteiger charge is 2.33. The summed E-state index contributed by atoms with van der Waals surface area (Å²) in [6.07, 6.45) is 1.68. The lowest BCUT2D eigenvalue weighted by molar-refractivity contribution is -0.123. The number of hydrogen-bond donors (Lipinski definition) is 1. The lowest BCUT2D eigenvalue weighted by Gasteiger charge is -2.13. The number of halogens is 2. The molecule has 170 valence electrons. The van der Waals surface area contributed by atoms with Crippen LogP contribution < -0.4 is 10.1 Å². The van der Waals surface area contributed by atoms with Gasteiger partial charge < -0.3 is 10.1 Å². The lowest BCUT2D eigenvalue weighted by atomic mass is 10.1. The number of nitrogens with zero attached hydrogens (tertiary/aromatic N) is 2. The summed E-state index contributed by atoms with van der Waals surface area (Å²) in [7, 11) is 0. The Hall–Kier alpha value is -2.91. The summed E-state index contributed by atoms with van der Waals surface area (Å²) in [5.74, 6) is 0.351. The van der Waals surface area contributed by atoms with Crippen LogP contribution in [-0.4, -0.2) is 16.8 Å². The van der Waals surface area contributed by atoms with Crippen LogP contribution in [0.4, 0.5) is 4.79 Å². The van der Waals surface area contributed by atoms with E-state index in [0.717, 1.165) is 29.4 Å². The van der Waals surface area contributed by atoms with Crippen molar-refractivity contribution in [1.29, 1.82) is 5.26 Å². The number of urea groups is 1. The largest absolute Gasteiger partial charge is 0.487 e. The summed E-state index contributed by atoms with van der Waals surface area (Å²) in [6.45, 7) is 2.47. The molecular formula is C26H19I2N3O3. The highest BCUT2D eigenvalue weighted by atomic mass is 127. The first-order chi connectivity index (χ1) is 16.4. The average molecular weight is 675 g/mol. The number of carbonyl (C=O) groups is 2. The van der Waals surface area contributed by atoms with Gasteiger partial charge in [0.2, 0.25) is 0 Å². The quantitative estimate of drug-likeness (QED) is 0.205. The number of rotatable bonds is 6. The molecule has 0 saturated carbocycles. The topological polar surface area (TPSA) is 82.4 Å². The zero-order valence-electron chi connectivity index (χ0n) is 18.1. The van der Waals surface area contributed by atoms with Crippen molar-refractivity contribution in [3.05, 3.63) is 101 Å². The molecule has 3 aromatic rings. The average Bonchev–Trinajstić information content (AvgIpc) is 3.06. The second-order valence-electron chi connectivity index (χ2n) is 7.74. The van der Waals surface area contributed by atoms with Crippen LogP contribution in [0.2, 0.25) is 0 Å². The van der Waals surface area contributed by atoms with Crippen molar-refractivity contribution in [3.8, 4) is 11.8 Å². The predicted octanol–water partition coefficient (Wildman–Crippen LogP) is 5.75. The number of ether oxygens (including phenoxy) is 1. The van der Waals surface area contributed by atoms with E-state index >= 15 is 0 Å². The first-order valence-electron chi connectivity index (χ1n) is 10.4. The zero-order valence-corrected chi connectivity index (χ0v) is 22.5. The van der Waals surface area contributed by atoms with Crippen molar-refractivity contribution < 1.29 is 14.3 Å². The predicted molar refractivity (Wildman–Crippen MR) is 146 cm³/mol. The molecule has 3 aromatic carbocycles. The van der Waals surface area contributed by atoms with Gasteiger partial charge in [-0.2, -0.15) is 5.26 Å². The molecule has 0 spiro atoms. The van der Waals surface area contributed by atoms with E-state index in [-0.39, 0.29) is 24.8 Å². The van der Waals surface area contributed by atoms with Gasteiger partial charge in [0.05, 0.1) is 25.3 Å². The van der Waals surface area contributed by atoms with Crippen LogP contribution in [-0.2, 0) is 17.9 Å². The van der Waals surface area contributed by atoms with E-state index in [1.54, 1.807) is 12.1 Å². The lowest BCUT2D eigenvalue weighted by Crippen LogP contribution is -2.30. The summed E-state index contributed by atoms with van der Waals surface area (Å²) in [5, 5.41) is 12.0. The molecule has 8 heteroatoms. The van der Waals surface area contributed by atoms with Gasteiger partial charge in [-0.25, -0.2) is 4.79 Å². The van der Waals surface area contributed by atoms with Crippen molar-refractivity contribution in [2.75, 3.05) is 0 Å². The third-order valence-electron chi connectivity index (χ3n) is 5.23.